The highest BCUT2D eigenvalue weighted by Gasteiger charge is 2.02. The minimum atomic E-state index is -0.210. The zero-order valence-corrected chi connectivity index (χ0v) is 14.7. The summed E-state index contributed by atoms with van der Waals surface area (Å²) in [6.45, 7) is 8.24. The SMILES string of the molecule is CCCOCCOCCc1cn(CCOCCOC(=O)CC)nn1. The molecule has 0 N–H and O–H groups in total. The van der Waals surface area contributed by atoms with Crippen LogP contribution in [-0.2, 0) is 36.7 Å². The van der Waals surface area contributed by atoms with E-state index in [0.717, 1.165) is 25.1 Å². The van der Waals surface area contributed by atoms with Crippen molar-refractivity contribution in [3.8, 4) is 0 Å². The average molecular weight is 343 g/mol. The van der Waals surface area contributed by atoms with Crippen molar-refractivity contribution in [2.45, 2.75) is 39.7 Å². The van der Waals surface area contributed by atoms with E-state index in [9.17, 15) is 4.79 Å². The molecule has 0 spiro atoms. The third kappa shape index (κ3) is 10.3. The Kier molecular flexibility index (Phi) is 11.9. The number of nitrogens with zero attached hydrogens (tertiary/aromatic N) is 3. The van der Waals surface area contributed by atoms with Crippen molar-refractivity contribution >= 4 is 5.97 Å². The van der Waals surface area contributed by atoms with E-state index in [4.69, 9.17) is 18.9 Å². The number of rotatable bonds is 15. The van der Waals surface area contributed by atoms with E-state index in [-0.39, 0.29) is 12.6 Å². The molecule has 1 aromatic rings. The van der Waals surface area contributed by atoms with Crippen LogP contribution in [0, 0.1) is 0 Å². The van der Waals surface area contributed by atoms with E-state index < -0.39 is 0 Å². The second-order valence-corrected chi connectivity index (χ2v) is 5.13. The monoisotopic (exact) mass is 343 g/mol. The van der Waals surface area contributed by atoms with Crippen LogP contribution in [0.4, 0.5) is 0 Å². The number of esters is 1. The lowest BCUT2D eigenvalue weighted by Crippen LogP contribution is -2.12. The molecule has 0 aliphatic carbocycles. The first kappa shape index (κ1) is 20.5. The lowest BCUT2D eigenvalue weighted by molar-refractivity contribution is -0.144. The Bertz CT molecular complexity index is 439. The largest absolute Gasteiger partial charge is 0.463 e. The molecule has 138 valence electrons. The van der Waals surface area contributed by atoms with E-state index in [1.807, 2.05) is 6.20 Å². The lowest BCUT2D eigenvalue weighted by atomic mass is 10.3. The quantitative estimate of drug-likeness (QED) is 0.350. The highest BCUT2D eigenvalue weighted by Crippen LogP contribution is 1.96. The first-order chi connectivity index (χ1) is 11.8. The van der Waals surface area contributed by atoms with Gasteiger partial charge in [0.15, 0.2) is 0 Å². The van der Waals surface area contributed by atoms with E-state index in [1.54, 1.807) is 11.6 Å². The predicted octanol–water partition coefficient (Wildman–Crippen LogP) is 1.23. The molecule has 0 unspecified atom stereocenters. The van der Waals surface area contributed by atoms with E-state index in [2.05, 4.69) is 17.2 Å². The van der Waals surface area contributed by atoms with Gasteiger partial charge in [0.1, 0.15) is 6.61 Å². The van der Waals surface area contributed by atoms with E-state index in [0.29, 0.717) is 46.0 Å². The molecule has 0 amide bonds. The highest BCUT2D eigenvalue weighted by molar-refractivity contribution is 5.68. The fourth-order valence-electron chi connectivity index (χ4n) is 1.78. The standard InChI is InChI=1S/C16H29N3O5/c1-3-7-21-10-11-22-8-5-15-14-19(18-17-15)6-9-23-12-13-24-16(20)4-2/h14H,3-13H2,1-2H3. The Hall–Kier alpha value is -1.51. The molecule has 24 heavy (non-hydrogen) atoms. The second-order valence-electron chi connectivity index (χ2n) is 5.13. The first-order valence-electron chi connectivity index (χ1n) is 8.54. The normalized spacial score (nSPS) is 10.9. The second kappa shape index (κ2) is 13.9. The van der Waals surface area contributed by atoms with Gasteiger partial charge in [0.05, 0.1) is 45.3 Å². The molecule has 0 aliphatic heterocycles. The fourth-order valence-corrected chi connectivity index (χ4v) is 1.78. The Morgan fingerprint density at radius 1 is 1.00 bits per heavy atom. The molecule has 1 rings (SSSR count). The van der Waals surface area contributed by atoms with Gasteiger partial charge < -0.3 is 18.9 Å². The molecular weight excluding hydrogens is 314 g/mol. The van der Waals surface area contributed by atoms with Crippen LogP contribution in [0.5, 0.6) is 0 Å². The summed E-state index contributed by atoms with van der Waals surface area (Å²) in [6.07, 6.45) is 4.02. The summed E-state index contributed by atoms with van der Waals surface area (Å²) in [7, 11) is 0. The maximum atomic E-state index is 10.9. The van der Waals surface area contributed by atoms with Crippen molar-refractivity contribution in [2.24, 2.45) is 0 Å². The number of carbonyl (C=O) groups excluding carboxylic acids is 1. The molecule has 0 bridgehead atoms. The van der Waals surface area contributed by atoms with Gasteiger partial charge in [0.2, 0.25) is 0 Å². The number of hydrogen-bond donors (Lipinski definition) is 0. The van der Waals surface area contributed by atoms with Crippen LogP contribution >= 0.6 is 0 Å². The first-order valence-corrected chi connectivity index (χ1v) is 8.54. The minimum Gasteiger partial charge on any atom is -0.463 e. The van der Waals surface area contributed by atoms with Gasteiger partial charge in [-0.05, 0) is 6.42 Å². The lowest BCUT2D eigenvalue weighted by Gasteiger charge is -2.05. The molecule has 0 radical (unpaired) electrons. The number of ether oxygens (including phenoxy) is 4. The molecule has 0 fully saturated rings. The van der Waals surface area contributed by atoms with Crippen LogP contribution in [0.1, 0.15) is 32.4 Å². The molecule has 8 heteroatoms. The van der Waals surface area contributed by atoms with Gasteiger partial charge in [-0.15, -0.1) is 5.10 Å². The topological polar surface area (TPSA) is 84.7 Å². The number of hydrogen-bond acceptors (Lipinski definition) is 7. The van der Waals surface area contributed by atoms with Crippen molar-refractivity contribution in [3.05, 3.63) is 11.9 Å². The Morgan fingerprint density at radius 3 is 2.46 bits per heavy atom. The summed E-state index contributed by atoms with van der Waals surface area (Å²) in [5, 5.41) is 8.13. The zero-order chi connectivity index (χ0) is 17.5. The molecule has 8 nitrogen and oxygen atoms in total. The summed E-state index contributed by atoms with van der Waals surface area (Å²) in [6, 6.07) is 0. The number of carbonyl (C=O) groups is 1. The Balaban J connectivity index is 2.00. The summed E-state index contributed by atoms with van der Waals surface area (Å²) >= 11 is 0. The van der Waals surface area contributed by atoms with Crippen LogP contribution in [0.25, 0.3) is 0 Å². The van der Waals surface area contributed by atoms with Gasteiger partial charge >= 0.3 is 5.97 Å². The third-order valence-electron chi connectivity index (χ3n) is 3.05. The van der Waals surface area contributed by atoms with Crippen molar-refractivity contribution in [1.29, 1.82) is 0 Å². The smallest absolute Gasteiger partial charge is 0.305 e. The van der Waals surface area contributed by atoms with Crippen LogP contribution in [0.15, 0.2) is 6.20 Å². The van der Waals surface area contributed by atoms with Crippen molar-refractivity contribution < 1.29 is 23.7 Å². The molecule has 0 atom stereocenters. The van der Waals surface area contributed by atoms with Crippen molar-refractivity contribution in [3.63, 3.8) is 0 Å². The number of aromatic nitrogens is 3. The van der Waals surface area contributed by atoms with Crippen molar-refractivity contribution in [2.75, 3.05) is 46.2 Å². The highest BCUT2D eigenvalue weighted by atomic mass is 16.6. The van der Waals surface area contributed by atoms with Crippen molar-refractivity contribution in [1.82, 2.24) is 15.0 Å². The van der Waals surface area contributed by atoms with Gasteiger partial charge in [0, 0.05) is 25.6 Å². The van der Waals surface area contributed by atoms with Gasteiger partial charge in [-0.3, -0.25) is 4.79 Å². The van der Waals surface area contributed by atoms with Gasteiger partial charge in [-0.25, -0.2) is 4.68 Å². The maximum absolute atomic E-state index is 10.9. The maximum Gasteiger partial charge on any atom is 0.305 e. The molecule has 0 saturated carbocycles. The molecule has 0 saturated heterocycles. The average Bonchev–Trinajstić information content (AvgIpc) is 3.04. The summed E-state index contributed by atoms with van der Waals surface area (Å²) in [5.74, 6) is -0.210. The van der Waals surface area contributed by atoms with Crippen LogP contribution in [-0.4, -0.2) is 67.2 Å². The van der Waals surface area contributed by atoms with Gasteiger partial charge in [-0.2, -0.15) is 0 Å². The molecule has 0 aromatic carbocycles. The fraction of sp³-hybridized carbons (Fsp3) is 0.812. The predicted molar refractivity (Wildman–Crippen MR) is 87.7 cm³/mol. The zero-order valence-electron chi connectivity index (χ0n) is 14.7. The summed E-state index contributed by atoms with van der Waals surface area (Å²) in [5.41, 5.74) is 0.890. The minimum absolute atomic E-state index is 0.210. The van der Waals surface area contributed by atoms with Crippen LogP contribution in [0.2, 0.25) is 0 Å². The van der Waals surface area contributed by atoms with E-state index >= 15 is 0 Å². The summed E-state index contributed by atoms with van der Waals surface area (Å²) < 4.78 is 22.8. The third-order valence-corrected chi connectivity index (χ3v) is 3.05. The van der Waals surface area contributed by atoms with Gasteiger partial charge in [0.25, 0.3) is 0 Å². The van der Waals surface area contributed by atoms with E-state index in [1.165, 1.54) is 0 Å². The summed E-state index contributed by atoms with van der Waals surface area (Å²) in [4.78, 5) is 10.9. The van der Waals surface area contributed by atoms with Gasteiger partial charge in [-0.1, -0.05) is 19.1 Å². The molecular formula is C16H29N3O5. The Morgan fingerprint density at radius 2 is 1.71 bits per heavy atom. The Labute approximate surface area is 143 Å². The molecule has 1 aromatic heterocycles. The molecule has 0 aliphatic rings. The molecule has 1 heterocycles. The van der Waals surface area contributed by atoms with Crippen LogP contribution in [0.3, 0.4) is 0 Å². The van der Waals surface area contributed by atoms with Crippen LogP contribution < -0.4 is 0 Å².